The van der Waals surface area contributed by atoms with Crippen LogP contribution in [0.5, 0.6) is 0 Å². The number of aliphatic hydroxyl groups is 1. The lowest BCUT2D eigenvalue weighted by atomic mass is 9.84. The van der Waals surface area contributed by atoms with Gasteiger partial charge in [-0.15, -0.1) is 0 Å². The topological polar surface area (TPSA) is 109 Å². The lowest BCUT2D eigenvalue weighted by Crippen LogP contribution is -2.56. The van der Waals surface area contributed by atoms with Crippen molar-refractivity contribution in [2.24, 2.45) is 5.73 Å². The average Bonchev–Trinajstić information content (AvgIpc) is 2.83. The fourth-order valence-electron chi connectivity index (χ4n) is 4.78. The van der Waals surface area contributed by atoms with Crippen molar-refractivity contribution in [3.8, 4) is 0 Å². The van der Waals surface area contributed by atoms with Gasteiger partial charge in [0.1, 0.15) is 17.2 Å². The normalized spacial score (nSPS) is 23.3. The minimum atomic E-state index is -0.871. The van der Waals surface area contributed by atoms with E-state index < -0.39 is 17.6 Å². The van der Waals surface area contributed by atoms with Gasteiger partial charge in [-0.05, 0) is 55.5 Å². The van der Waals surface area contributed by atoms with Crippen molar-refractivity contribution in [3.05, 3.63) is 59.5 Å². The molecule has 4 rings (SSSR count). The summed E-state index contributed by atoms with van der Waals surface area (Å²) in [6, 6.07) is 9.43. The lowest BCUT2D eigenvalue weighted by Gasteiger charge is -2.46. The smallest absolute Gasteiger partial charge is 0.410 e. The largest absolute Gasteiger partial charge is 0.438 e. The number of hydrogen-bond acceptors (Lipinski definition) is 6. The van der Waals surface area contributed by atoms with Crippen LogP contribution in [-0.2, 0) is 10.3 Å². The second-order valence-electron chi connectivity index (χ2n) is 8.65. The molecule has 176 valence electrons. The fourth-order valence-corrected chi connectivity index (χ4v) is 4.78. The Labute approximate surface area is 192 Å². The number of anilines is 1. The third-order valence-electron chi connectivity index (χ3n) is 6.58. The Bertz CT molecular complexity index is 985. The number of ether oxygens (including phenoxy) is 1. The molecule has 2 unspecified atom stereocenters. The van der Waals surface area contributed by atoms with Crippen LogP contribution in [0.25, 0.3) is 0 Å². The summed E-state index contributed by atoms with van der Waals surface area (Å²) in [4.78, 5) is 32.7. The third-order valence-corrected chi connectivity index (χ3v) is 6.58. The predicted octanol–water partition coefficient (Wildman–Crippen LogP) is 2.80. The van der Waals surface area contributed by atoms with Crippen LogP contribution >= 0.6 is 0 Å². The number of aliphatic hydroxyl groups excluding tert-OH is 1. The van der Waals surface area contributed by atoms with Crippen LogP contribution in [0, 0.1) is 5.82 Å². The number of amides is 2. The molecule has 2 fully saturated rings. The van der Waals surface area contributed by atoms with Gasteiger partial charge in [0.25, 0.3) is 0 Å². The van der Waals surface area contributed by atoms with Gasteiger partial charge < -0.3 is 25.4 Å². The van der Waals surface area contributed by atoms with Gasteiger partial charge in [0, 0.05) is 38.9 Å². The first kappa shape index (κ1) is 23.0. The zero-order valence-electron chi connectivity index (χ0n) is 18.5. The summed E-state index contributed by atoms with van der Waals surface area (Å²) in [5, 5.41) is 9.36. The Morgan fingerprint density at radius 2 is 2.03 bits per heavy atom. The van der Waals surface area contributed by atoms with Gasteiger partial charge in [-0.25, -0.2) is 14.2 Å². The molecule has 0 radical (unpaired) electrons. The number of piperidine rings is 1. The summed E-state index contributed by atoms with van der Waals surface area (Å²) >= 11 is 0. The van der Waals surface area contributed by atoms with Crippen LogP contribution in [0.4, 0.5) is 15.0 Å². The van der Waals surface area contributed by atoms with Crippen molar-refractivity contribution >= 4 is 17.8 Å². The van der Waals surface area contributed by atoms with E-state index in [2.05, 4.69) is 9.88 Å². The highest BCUT2D eigenvalue weighted by atomic mass is 19.1. The minimum Gasteiger partial charge on any atom is -0.438 e. The van der Waals surface area contributed by atoms with Crippen LogP contribution in [0.3, 0.4) is 0 Å². The van der Waals surface area contributed by atoms with Gasteiger partial charge in [0.05, 0.1) is 11.6 Å². The number of hydrogen-bond donors (Lipinski definition) is 2. The first-order valence-corrected chi connectivity index (χ1v) is 11.3. The zero-order chi connectivity index (χ0) is 23.4. The van der Waals surface area contributed by atoms with Gasteiger partial charge in [0.15, 0.2) is 0 Å². The van der Waals surface area contributed by atoms with Crippen molar-refractivity contribution in [1.29, 1.82) is 0 Å². The maximum Gasteiger partial charge on any atom is 0.410 e. The first-order valence-electron chi connectivity index (χ1n) is 11.3. The summed E-state index contributed by atoms with van der Waals surface area (Å²) in [5.74, 6) is -0.134. The zero-order valence-corrected chi connectivity index (χ0v) is 18.5. The number of nitrogens with two attached hydrogens (primary N) is 1. The SMILES string of the molecule is NC(=O)c1ccc(N2CCCC(N3CCC(CCCO)(c4ccc(F)cc4)OC3=O)C2)nc1. The molecule has 2 aromatic rings. The first-order chi connectivity index (χ1) is 15.9. The second kappa shape index (κ2) is 9.74. The Kier molecular flexibility index (Phi) is 6.78. The molecule has 2 aliphatic rings. The van der Waals surface area contributed by atoms with Crippen LogP contribution in [0.1, 0.15) is 48.0 Å². The van der Waals surface area contributed by atoms with Gasteiger partial charge in [-0.3, -0.25) is 4.79 Å². The molecule has 9 heteroatoms. The Balaban J connectivity index is 1.47. The standard InChI is InChI=1S/C24H29FN4O4/c25-19-7-5-18(6-8-19)24(10-2-14-30)11-13-29(23(32)33-24)20-3-1-12-28(16-20)21-9-4-17(15-27-21)22(26)31/h4-9,15,20,30H,1-3,10-14,16H2,(H2,26,31). The molecular weight excluding hydrogens is 427 g/mol. The Morgan fingerprint density at radius 1 is 1.24 bits per heavy atom. The average molecular weight is 457 g/mol. The van der Waals surface area contributed by atoms with Gasteiger partial charge in [0.2, 0.25) is 5.91 Å². The third kappa shape index (κ3) is 4.93. The van der Waals surface area contributed by atoms with E-state index in [0.717, 1.165) is 30.8 Å². The van der Waals surface area contributed by atoms with Gasteiger partial charge in [-0.1, -0.05) is 12.1 Å². The summed E-state index contributed by atoms with van der Waals surface area (Å²) in [6.07, 6.45) is 4.33. The van der Waals surface area contributed by atoms with Crippen molar-refractivity contribution in [2.75, 3.05) is 31.1 Å². The van der Waals surface area contributed by atoms with Gasteiger partial charge >= 0.3 is 6.09 Å². The maximum atomic E-state index is 13.5. The molecule has 1 aromatic carbocycles. The molecule has 0 saturated carbocycles. The summed E-state index contributed by atoms with van der Waals surface area (Å²) < 4.78 is 19.5. The molecule has 0 spiro atoms. The van der Waals surface area contributed by atoms with Crippen molar-refractivity contribution in [3.63, 3.8) is 0 Å². The van der Waals surface area contributed by atoms with E-state index in [1.54, 1.807) is 29.2 Å². The number of aromatic nitrogens is 1. The molecule has 0 aliphatic carbocycles. The number of primary amides is 1. The van der Waals surface area contributed by atoms with Crippen LogP contribution in [-0.4, -0.2) is 59.3 Å². The number of nitrogens with zero attached hydrogens (tertiary/aromatic N) is 3. The van der Waals surface area contributed by atoms with Crippen LogP contribution in [0.2, 0.25) is 0 Å². The highest BCUT2D eigenvalue weighted by Crippen LogP contribution is 2.39. The monoisotopic (exact) mass is 456 g/mol. The molecular formula is C24H29FN4O4. The highest BCUT2D eigenvalue weighted by Gasteiger charge is 2.44. The molecule has 2 saturated heterocycles. The van der Waals surface area contributed by atoms with E-state index in [1.165, 1.54) is 18.3 Å². The van der Waals surface area contributed by atoms with Crippen LogP contribution in [0.15, 0.2) is 42.6 Å². The molecule has 8 nitrogen and oxygen atoms in total. The molecule has 2 amide bonds. The van der Waals surface area contributed by atoms with E-state index in [-0.39, 0.29) is 18.5 Å². The Morgan fingerprint density at radius 3 is 2.67 bits per heavy atom. The quantitative estimate of drug-likeness (QED) is 0.663. The Hall–Kier alpha value is -3.20. The van der Waals surface area contributed by atoms with E-state index in [4.69, 9.17) is 10.5 Å². The number of cyclic esters (lactones) is 1. The number of carbonyl (C=O) groups is 2. The number of carbonyl (C=O) groups excluding carboxylic acids is 2. The summed E-state index contributed by atoms with van der Waals surface area (Å²) in [6.45, 7) is 1.91. The number of rotatable bonds is 7. The number of pyridine rings is 1. The minimum absolute atomic E-state index is 0.0106. The summed E-state index contributed by atoms with van der Waals surface area (Å²) in [5.41, 5.74) is 5.52. The van der Waals surface area contributed by atoms with Crippen LogP contribution < -0.4 is 10.6 Å². The molecule has 2 aliphatic heterocycles. The lowest BCUT2D eigenvalue weighted by molar-refractivity contribution is -0.0697. The molecule has 33 heavy (non-hydrogen) atoms. The van der Waals surface area contributed by atoms with Crippen molar-refractivity contribution in [2.45, 2.75) is 43.7 Å². The molecule has 3 N–H and O–H groups in total. The van der Waals surface area contributed by atoms with Gasteiger partial charge in [-0.2, -0.15) is 0 Å². The second-order valence-corrected chi connectivity index (χ2v) is 8.65. The van der Waals surface area contributed by atoms with Crippen molar-refractivity contribution in [1.82, 2.24) is 9.88 Å². The number of benzene rings is 1. The molecule has 2 atom stereocenters. The van der Waals surface area contributed by atoms with E-state index in [9.17, 15) is 19.1 Å². The van der Waals surface area contributed by atoms with Crippen molar-refractivity contribution < 1.29 is 23.8 Å². The van der Waals surface area contributed by atoms with E-state index >= 15 is 0 Å². The van der Waals surface area contributed by atoms with E-state index in [0.29, 0.717) is 37.9 Å². The molecule has 3 heterocycles. The summed E-state index contributed by atoms with van der Waals surface area (Å²) in [7, 11) is 0. The number of halogens is 1. The molecule has 1 aromatic heterocycles. The predicted molar refractivity (Wildman–Crippen MR) is 120 cm³/mol. The fraction of sp³-hybridized carbons (Fsp3) is 0.458. The molecule has 0 bridgehead atoms. The maximum absolute atomic E-state index is 13.5. The van der Waals surface area contributed by atoms with E-state index in [1.807, 2.05) is 0 Å². The highest BCUT2D eigenvalue weighted by molar-refractivity contribution is 5.92.